The Morgan fingerprint density at radius 3 is 2.59 bits per heavy atom. The summed E-state index contributed by atoms with van der Waals surface area (Å²) in [5.74, 6) is 1.24. The van der Waals surface area contributed by atoms with Crippen LogP contribution in [0.4, 0.5) is 0 Å². The fourth-order valence-electron chi connectivity index (χ4n) is 1.27. The maximum Gasteiger partial charge on any atom is 0.242 e. The summed E-state index contributed by atoms with van der Waals surface area (Å²) < 4.78 is 11.0. The number of nitrogens with one attached hydrogen (secondary N) is 1. The third-order valence-electron chi connectivity index (χ3n) is 2.13. The second-order valence-corrected chi connectivity index (χ2v) is 4.95. The van der Waals surface area contributed by atoms with Gasteiger partial charge >= 0.3 is 0 Å². The summed E-state index contributed by atoms with van der Waals surface area (Å²) in [4.78, 5) is 0. The Labute approximate surface area is 103 Å². The van der Waals surface area contributed by atoms with Crippen molar-refractivity contribution < 1.29 is 9.15 Å². The molecule has 98 valence electrons. The summed E-state index contributed by atoms with van der Waals surface area (Å²) in [5, 5.41) is 11.2. The predicted octanol–water partition coefficient (Wildman–Crippen LogP) is 1.93. The molecular formula is C12H23N3O2. The number of ether oxygens (including phenoxy) is 1. The van der Waals surface area contributed by atoms with Gasteiger partial charge in [-0.2, -0.15) is 0 Å². The highest BCUT2D eigenvalue weighted by Gasteiger charge is 2.13. The Bertz CT molecular complexity index is 318. The van der Waals surface area contributed by atoms with Crippen molar-refractivity contribution in [2.45, 2.75) is 52.7 Å². The lowest BCUT2D eigenvalue weighted by atomic mass is 10.2. The van der Waals surface area contributed by atoms with Gasteiger partial charge in [-0.25, -0.2) is 0 Å². The molecule has 5 nitrogen and oxygen atoms in total. The van der Waals surface area contributed by atoms with E-state index in [0.29, 0.717) is 18.4 Å². The van der Waals surface area contributed by atoms with Crippen LogP contribution in [0.2, 0.25) is 0 Å². The molecule has 5 heteroatoms. The average molecular weight is 241 g/mol. The van der Waals surface area contributed by atoms with Gasteiger partial charge < -0.3 is 14.5 Å². The smallest absolute Gasteiger partial charge is 0.242 e. The quantitative estimate of drug-likeness (QED) is 0.739. The molecule has 0 unspecified atom stereocenters. The molecular weight excluding hydrogens is 218 g/mol. The molecule has 0 aliphatic heterocycles. The Hall–Kier alpha value is -0.940. The van der Waals surface area contributed by atoms with Crippen molar-refractivity contribution in [1.29, 1.82) is 0 Å². The van der Waals surface area contributed by atoms with Crippen molar-refractivity contribution in [3.63, 3.8) is 0 Å². The zero-order valence-electron chi connectivity index (χ0n) is 11.2. The maximum atomic E-state index is 5.56. The van der Waals surface area contributed by atoms with Gasteiger partial charge in [-0.05, 0) is 40.3 Å². The van der Waals surface area contributed by atoms with E-state index in [1.807, 2.05) is 20.8 Å². The van der Waals surface area contributed by atoms with Crippen LogP contribution in [0, 0.1) is 0 Å². The first-order valence-electron chi connectivity index (χ1n) is 6.17. The predicted molar refractivity (Wildman–Crippen MR) is 65.7 cm³/mol. The van der Waals surface area contributed by atoms with E-state index in [4.69, 9.17) is 9.15 Å². The number of aryl methyl sites for hydroxylation is 1. The number of rotatable bonds is 7. The normalized spacial score (nSPS) is 12.0. The molecule has 1 heterocycles. The topological polar surface area (TPSA) is 60.2 Å². The molecule has 1 rings (SSSR count). The molecule has 17 heavy (non-hydrogen) atoms. The number of aromatic nitrogens is 2. The minimum absolute atomic E-state index is 0.181. The van der Waals surface area contributed by atoms with Crippen LogP contribution in [0.15, 0.2) is 4.42 Å². The minimum Gasteiger partial charge on any atom is -0.423 e. The average Bonchev–Trinajstić information content (AvgIpc) is 2.69. The van der Waals surface area contributed by atoms with Crippen molar-refractivity contribution in [3.8, 4) is 0 Å². The Kier molecular flexibility index (Phi) is 5.58. The van der Waals surface area contributed by atoms with Gasteiger partial charge in [0.2, 0.25) is 11.8 Å². The molecule has 0 aliphatic carbocycles. The summed E-state index contributed by atoms with van der Waals surface area (Å²) in [7, 11) is 0. The van der Waals surface area contributed by atoms with Gasteiger partial charge in [0.15, 0.2) is 0 Å². The molecule has 0 bridgehead atoms. The molecule has 1 aromatic heterocycles. The van der Waals surface area contributed by atoms with Crippen LogP contribution in [0.5, 0.6) is 0 Å². The summed E-state index contributed by atoms with van der Waals surface area (Å²) in [6.45, 7) is 10.4. The van der Waals surface area contributed by atoms with E-state index in [1.165, 1.54) is 0 Å². The van der Waals surface area contributed by atoms with Crippen LogP contribution in [0.1, 0.15) is 45.9 Å². The highest BCUT2D eigenvalue weighted by Crippen LogP contribution is 2.11. The molecule has 0 amide bonds. The van der Waals surface area contributed by atoms with Crippen LogP contribution < -0.4 is 5.32 Å². The first kappa shape index (κ1) is 14.1. The summed E-state index contributed by atoms with van der Waals surface area (Å²) in [6.07, 6.45) is 1.82. The molecule has 0 radical (unpaired) electrons. The second-order valence-electron chi connectivity index (χ2n) is 4.95. The van der Waals surface area contributed by atoms with E-state index in [-0.39, 0.29) is 5.60 Å². The van der Waals surface area contributed by atoms with E-state index in [0.717, 1.165) is 25.9 Å². The van der Waals surface area contributed by atoms with E-state index >= 15 is 0 Å². The largest absolute Gasteiger partial charge is 0.423 e. The lowest BCUT2D eigenvalue weighted by molar-refractivity contribution is -0.0247. The standard InChI is InChI=1S/C12H23N3O2/c1-5-13-8-6-7-10-14-15-11(17-10)9-16-12(2,3)4/h13H,5-9H2,1-4H3. The fourth-order valence-corrected chi connectivity index (χ4v) is 1.27. The summed E-state index contributed by atoms with van der Waals surface area (Å²) in [6, 6.07) is 0. The van der Waals surface area contributed by atoms with Crippen molar-refractivity contribution in [3.05, 3.63) is 11.8 Å². The van der Waals surface area contributed by atoms with Crippen LogP contribution in [-0.4, -0.2) is 28.9 Å². The molecule has 0 saturated heterocycles. The van der Waals surface area contributed by atoms with E-state index in [1.54, 1.807) is 0 Å². The van der Waals surface area contributed by atoms with Gasteiger partial charge in [-0.1, -0.05) is 6.92 Å². The van der Waals surface area contributed by atoms with E-state index < -0.39 is 0 Å². The molecule has 1 aromatic rings. The van der Waals surface area contributed by atoms with E-state index in [9.17, 15) is 0 Å². The van der Waals surface area contributed by atoms with Crippen molar-refractivity contribution >= 4 is 0 Å². The molecule has 0 saturated carbocycles. The lowest BCUT2D eigenvalue weighted by Gasteiger charge is -2.17. The van der Waals surface area contributed by atoms with Crippen molar-refractivity contribution in [2.24, 2.45) is 0 Å². The van der Waals surface area contributed by atoms with Gasteiger partial charge in [-0.3, -0.25) is 0 Å². The fraction of sp³-hybridized carbons (Fsp3) is 0.833. The Balaban J connectivity index is 2.28. The molecule has 1 N–H and O–H groups in total. The van der Waals surface area contributed by atoms with E-state index in [2.05, 4.69) is 22.4 Å². The van der Waals surface area contributed by atoms with Crippen LogP contribution in [0.25, 0.3) is 0 Å². The zero-order chi connectivity index (χ0) is 12.7. The van der Waals surface area contributed by atoms with Crippen LogP contribution in [0.3, 0.4) is 0 Å². The Morgan fingerprint density at radius 1 is 1.24 bits per heavy atom. The number of hydrogen-bond donors (Lipinski definition) is 1. The summed E-state index contributed by atoms with van der Waals surface area (Å²) >= 11 is 0. The first-order valence-corrected chi connectivity index (χ1v) is 6.17. The highest BCUT2D eigenvalue weighted by molar-refractivity contribution is 4.81. The zero-order valence-corrected chi connectivity index (χ0v) is 11.2. The highest BCUT2D eigenvalue weighted by atomic mass is 16.5. The number of hydrogen-bond acceptors (Lipinski definition) is 5. The minimum atomic E-state index is -0.181. The monoisotopic (exact) mass is 241 g/mol. The third kappa shape index (κ3) is 6.38. The summed E-state index contributed by atoms with van der Waals surface area (Å²) in [5.41, 5.74) is -0.181. The lowest BCUT2D eigenvalue weighted by Crippen LogP contribution is -2.18. The molecule has 0 aromatic carbocycles. The van der Waals surface area contributed by atoms with Gasteiger partial charge in [0.1, 0.15) is 6.61 Å². The van der Waals surface area contributed by atoms with Crippen molar-refractivity contribution in [1.82, 2.24) is 15.5 Å². The Morgan fingerprint density at radius 2 is 1.94 bits per heavy atom. The molecule has 0 spiro atoms. The van der Waals surface area contributed by atoms with Crippen LogP contribution in [-0.2, 0) is 17.8 Å². The van der Waals surface area contributed by atoms with Crippen molar-refractivity contribution in [2.75, 3.05) is 13.1 Å². The van der Waals surface area contributed by atoms with Crippen LogP contribution >= 0.6 is 0 Å². The van der Waals surface area contributed by atoms with Gasteiger partial charge in [0.25, 0.3) is 0 Å². The number of nitrogens with zero attached hydrogens (tertiary/aromatic N) is 2. The second kappa shape index (κ2) is 6.71. The molecule has 0 aliphatic rings. The maximum absolute atomic E-state index is 5.56. The first-order chi connectivity index (χ1) is 8.01. The van der Waals surface area contributed by atoms with Gasteiger partial charge in [0.05, 0.1) is 5.60 Å². The molecule has 0 atom stereocenters. The van der Waals surface area contributed by atoms with Gasteiger partial charge in [-0.15, -0.1) is 10.2 Å². The third-order valence-corrected chi connectivity index (χ3v) is 2.13. The SMILES string of the molecule is CCNCCCc1nnc(COC(C)(C)C)o1. The van der Waals surface area contributed by atoms with Gasteiger partial charge in [0, 0.05) is 6.42 Å². The molecule has 0 fully saturated rings.